The molecule has 5 nitrogen and oxygen atoms in total. The minimum absolute atomic E-state index is 0.0253. The largest absolute Gasteiger partial charge is 0.352 e. The third-order valence-electron chi connectivity index (χ3n) is 4.79. The lowest BCUT2D eigenvalue weighted by atomic mass is 10.2. The van der Waals surface area contributed by atoms with Gasteiger partial charge in [-0.1, -0.05) is 36.4 Å². The van der Waals surface area contributed by atoms with Crippen molar-refractivity contribution < 1.29 is 4.79 Å². The summed E-state index contributed by atoms with van der Waals surface area (Å²) in [6, 6.07) is 14.3. The molecule has 0 saturated heterocycles. The lowest BCUT2D eigenvalue weighted by Crippen LogP contribution is -2.25. The van der Waals surface area contributed by atoms with Crippen LogP contribution < -0.4 is 5.32 Å². The minimum atomic E-state index is -0.0253. The fourth-order valence-corrected chi connectivity index (χ4v) is 4.85. The molecule has 0 saturated carbocycles. The molecule has 0 unspecified atom stereocenters. The molecule has 29 heavy (non-hydrogen) atoms. The molecule has 3 heterocycles. The van der Waals surface area contributed by atoms with Crippen molar-refractivity contribution in [3.8, 4) is 9.88 Å². The second-order valence-corrected chi connectivity index (χ2v) is 8.67. The zero-order valence-corrected chi connectivity index (χ0v) is 18.0. The van der Waals surface area contributed by atoms with Crippen molar-refractivity contribution >= 4 is 28.6 Å². The fraction of sp³-hybridized carbons (Fsp3) is 0.227. The van der Waals surface area contributed by atoms with Crippen LogP contribution in [-0.4, -0.2) is 20.7 Å². The molecular formula is C22H22N4OS2. The first-order valence-electron chi connectivity index (χ1n) is 9.42. The van der Waals surface area contributed by atoms with E-state index < -0.39 is 0 Å². The van der Waals surface area contributed by atoms with E-state index in [2.05, 4.69) is 34.5 Å². The Bertz CT molecular complexity index is 1100. The van der Waals surface area contributed by atoms with Crippen LogP contribution in [0.2, 0.25) is 0 Å². The van der Waals surface area contributed by atoms with Crippen molar-refractivity contribution in [2.75, 3.05) is 0 Å². The van der Waals surface area contributed by atoms with Gasteiger partial charge >= 0.3 is 0 Å². The Morgan fingerprint density at radius 2 is 1.93 bits per heavy atom. The van der Waals surface area contributed by atoms with E-state index in [0.717, 1.165) is 39.1 Å². The molecule has 1 aromatic carbocycles. The summed E-state index contributed by atoms with van der Waals surface area (Å²) in [7, 11) is 0. The number of nitrogens with one attached hydrogen (secondary N) is 1. The van der Waals surface area contributed by atoms with Gasteiger partial charge in [0, 0.05) is 23.2 Å². The summed E-state index contributed by atoms with van der Waals surface area (Å²) >= 11 is 3.24. The van der Waals surface area contributed by atoms with Crippen molar-refractivity contribution in [3.05, 3.63) is 81.4 Å². The highest BCUT2D eigenvalue weighted by molar-refractivity contribution is 7.20. The van der Waals surface area contributed by atoms with E-state index >= 15 is 0 Å². The van der Waals surface area contributed by atoms with Gasteiger partial charge in [-0.05, 0) is 30.9 Å². The Kier molecular flexibility index (Phi) is 5.87. The third-order valence-corrected chi connectivity index (χ3v) is 6.72. The highest BCUT2D eigenvalue weighted by atomic mass is 32.1. The Hall–Kier alpha value is -2.77. The molecule has 3 aromatic heterocycles. The van der Waals surface area contributed by atoms with Crippen LogP contribution in [0.5, 0.6) is 0 Å². The van der Waals surface area contributed by atoms with Gasteiger partial charge in [-0.2, -0.15) is 5.10 Å². The number of hydrogen-bond donors (Lipinski definition) is 1. The maximum atomic E-state index is 12.4. The van der Waals surface area contributed by atoms with Gasteiger partial charge in [0.15, 0.2) is 0 Å². The first kappa shape index (κ1) is 19.5. The smallest absolute Gasteiger partial charge is 0.226 e. The van der Waals surface area contributed by atoms with E-state index in [4.69, 9.17) is 0 Å². The number of carbonyl (C=O) groups excluding carboxylic acids is 1. The van der Waals surface area contributed by atoms with Crippen molar-refractivity contribution in [1.82, 2.24) is 20.1 Å². The minimum Gasteiger partial charge on any atom is -0.352 e. The SMILES string of the molecule is Cc1nn(Cc2ccccc2)c(C)c1CNC(=O)Cc1csc(-c2cccs2)n1. The topological polar surface area (TPSA) is 59.8 Å². The van der Waals surface area contributed by atoms with E-state index in [1.807, 2.05) is 52.7 Å². The molecule has 0 spiro atoms. The average molecular weight is 423 g/mol. The number of amides is 1. The molecule has 7 heteroatoms. The molecule has 148 valence electrons. The standard InChI is InChI=1S/C22H22N4OS2/c1-15-19(16(2)26(25-15)13-17-7-4-3-5-8-17)12-23-21(27)11-18-14-29-22(24-18)20-9-6-10-28-20/h3-10,14H,11-13H2,1-2H3,(H,23,27). The zero-order valence-electron chi connectivity index (χ0n) is 16.4. The summed E-state index contributed by atoms with van der Waals surface area (Å²) in [6.07, 6.45) is 0.290. The molecule has 0 bridgehead atoms. The van der Waals surface area contributed by atoms with E-state index in [0.29, 0.717) is 6.54 Å². The lowest BCUT2D eigenvalue weighted by Gasteiger charge is -2.07. The van der Waals surface area contributed by atoms with Crippen LogP contribution in [0.1, 0.15) is 28.2 Å². The number of nitrogens with zero attached hydrogens (tertiary/aromatic N) is 3. The molecule has 0 fully saturated rings. The van der Waals surface area contributed by atoms with Gasteiger partial charge < -0.3 is 5.32 Å². The van der Waals surface area contributed by atoms with E-state index in [9.17, 15) is 4.79 Å². The Labute approximate surface area is 178 Å². The Morgan fingerprint density at radius 1 is 1.10 bits per heavy atom. The van der Waals surface area contributed by atoms with Gasteiger partial charge in [0.2, 0.25) is 5.91 Å². The van der Waals surface area contributed by atoms with Gasteiger partial charge in [-0.15, -0.1) is 22.7 Å². The quantitative estimate of drug-likeness (QED) is 0.474. The molecule has 0 aliphatic rings. The second kappa shape index (κ2) is 8.71. The first-order chi connectivity index (χ1) is 14.1. The molecule has 1 amide bonds. The number of carbonyl (C=O) groups is 1. The van der Waals surface area contributed by atoms with Crippen molar-refractivity contribution in [3.63, 3.8) is 0 Å². The Morgan fingerprint density at radius 3 is 2.69 bits per heavy atom. The number of benzene rings is 1. The maximum absolute atomic E-state index is 12.4. The Balaban J connectivity index is 1.37. The average Bonchev–Trinajstić information content (AvgIpc) is 3.44. The van der Waals surface area contributed by atoms with Crippen LogP contribution in [0, 0.1) is 13.8 Å². The molecule has 1 N–H and O–H groups in total. The molecule has 0 aliphatic heterocycles. The molecule has 4 aromatic rings. The van der Waals surface area contributed by atoms with E-state index in [1.165, 1.54) is 5.56 Å². The summed E-state index contributed by atoms with van der Waals surface area (Å²) in [5.41, 5.74) is 5.13. The van der Waals surface area contributed by atoms with E-state index in [-0.39, 0.29) is 12.3 Å². The van der Waals surface area contributed by atoms with Crippen LogP contribution in [0.15, 0.2) is 53.2 Å². The van der Waals surface area contributed by atoms with Gasteiger partial charge in [0.25, 0.3) is 0 Å². The van der Waals surface area contributed by atoms with Crippen molar-refractivity contribution in [2.45, 2.75) is 33.4 Å². The fourth-order valence-electron chi connectivity index (χ4n) is 3.22. The number of thiophene rings is 1. The van der Waals surface area contributed by atoms with Crippen molar-refractivity contribution in [2.24, 2.45) is 0 Å². The predicted molar refractivity (Wildman–Crippen MR) is 118 cm³/mol. The number of thiazole rings is 1. The van der Waals surface area contributed by atoms with Gasteiger partial charge in [-0.25, -0.2) is 4.98 Å². The van der Waals surface area contributed by atoms with Crippen LogP contribution in [0.4, 0.5) is 0 Å². The predicted octanol–water partition coefficient (Wildman–Crippen LogP) is 4.59. The molecular weight excluding hydrogens is 400 g/mol. The van der Waals surface area contributed by atoms with Crippen LogP contribution >= 0.6 is 22.7 Å². The van der Waals surface area contributed by atoms with Crippen LogP contribution in [0.3, 0.4) is 0 Å². The number of aryl methyl sites for hydroxylation is 1. The highest BCUT2D eigenvalue weighted by Crippen LogP contribution is 2.27. The summed E-state index contributed by atoms with van der Waals surface area (Å²) < 4.78 is 2.00. The summed E-state index contributed by atoms with van der Waals surface area (Å²) in [5.74, 6) is -0.0253. The monoisotopic (exact) mass is 422 g/mol. The molecule has 0 radical (unpaired) electrons. The molecule has 0 aliphatic carbocycles. The van der Waals surface area contributed by atoms with Crippen LogP contribution in [-0.2, 0) is 24.3 Å². The zero-order chi connectivity index (χ0) is 20.2. The highest BCUT2D eigenvalue weighted by Gasteiger charge is 2.14. The van der Waals surface area contributed by atoms with Gasteiger partial charge in [0.1, 0.15) is 5.01 Å². The van der Waals surface area contributed by atoms with Gasteiger partial charge in [0.05, 0.1) is 29.2 Å². The summed E-state index contributed by atoms with van der Waals surface area (Å²) in [6.45, 7) is 5.25. The molecule has 0 atom stereocenters. The number of hydrogen-bond acceptors (Lipinski definition) is 5. The normalized spacial score (nSPS) is 11.0. The maximum Gasteiger partial charge on any atom is 0.226 e. The lowest BCUT2D eigenvalue weighted by molar-refractivity contribution is -0.120. The summed E-state index contributed by atoms with van der Waals surface area (Å²) in [4.78, 5) is 18.2. The summed E-state index contributed by atoms with van der Waals surface area (Å²) in [5, 5.41) is 12.6. The van der Waals surface area contributed by atoms with Gasteiger partial charge in [-0.3, -0.25) is 9.48 Å². The number of aromatic nitrogens is 3. The van der Waals surface area contributed by atoms with E-state index in [1.54, 1.807) is 22.7 Å². The van der Waals surface area contributed by atoms with Crippen LogP contribution in [0.25, 0.3) is 9.88 Å². The first-order valence-corrected chi connectivity index (χ1v) is 11.2. The third kappa shape index (κ3) is 4.63. The second-order valence-electron chi connectivity index (χ2n) is 6.87. The molecule has 4 rings (SSSR count). The van der Waals surface area contributed by atoms with Crippen molar-refractivity contribution in [1.29, 1.82) is 0 Å². The number of rotatable bonds is 7.